The number of carboxylic acids is 1. The maximum atomic E-state index is 11.2. The van der Waals surface area contributed by atoms with E-state index in [1.54, 1.807) is 17.7 Å². The van der Waals surface area contributed by atoms with Crippen molar-refractivity contribution in [3.8, 4) is 0 Å². The summed E-state index contributed by atoms with van der Waals surface area (Å²) in [4.78, 5) is 11.2. The van der Waals surface area contributed by atoms with Crippen LogP contribution in [0.25, 0.3) is 21.9 Å². The fourth-order valence-corrected chi connectivity index (χ4v) is 3.17. The molecule has 3 rings (SSSR count). The quantitative estimate of drug-likeness (QED) is 0.751. The van der Waals surface area contributed by atoms with Gasteiger partial charge >= 0.3 is 5.97 Å². The standard InChI is InChI=1S/C13H11BrN2O2/c1-15-9-6-10(13(17)18)16(2)12(9)7-4-3-5-8(14)11(7)15/h3-6H,1-2H3,(H,17,18). The number of fused-ring (bicyclic) bond motifs is 3. The molecule has 0 spiro atoms. The van der Waals surface area contributed by atoms with E-state index in [2.05, 4.69) is 15.9 Å². The Kier molecular flexibility index (Phi) is 2.28. The third-order valence-corrected chi connectivity index (χ3v) is 4.01. The number of aryl methyl sites for hydroxylation is 2. The average molecular weight is 307 g/mol. The van der Waals surface area contributed by atoms with Crippen molar-refractivity contribution in [1.82, 2.24) is 9.13 Å². The van der Waals surface area contributed by atoms with E-state index in [0.717, 1.165) is 26.4 Å². The Morgan fingerprint density at radius 3 is 2.61 bits per heavy atom. The molecule has 0 amide bonds. The minimum atomic E-state index is -0.906. The van der Waals surface area contributed by atoms with Gasteiger partial charge in [-0.15, -0.1) is 0 Å². The van der Waals surface area contributed by atoms with Crippen molar-refractivity contribution in [3.05, 3.63) is 34.4 Å². The van der Waals surface area contributed by atoms with E-state index in [1.165, 1.54) is 0 Å². The average Bonchev–Trinajstić information content (AvgIpc) is 2.78. The molecule has 0 saturated heterocycles. The zero-order valence-corrected chi connectivity index (χ0v) is 11.5. The largest absolute Gasteiger partial charge is 0.477 e. The van der Waals surface area contributed by atoms with Crippen LogP contribution in [0.1, 0.15) is 10.5 Å². The van der Waals surface area contributed by atoms with Gasteiger partial charge in [-0.3, -0.25) is 0 Å². The van der Waals surface area contributed by atoms with Crippen LogP contribution in [0.5, 0.6) is 0 Å². The Morgan fingerprint density at radius 2 is 1.94 bits per heavy atom. The first-order chi connectivity index (χ1) is 8.52. The summed E-state index contributed by atoms with van der Waals surface area (Å²) in [5, 5.41) is 10.2. The zero-order valence-electron chi connectivity index (χ0n) is 9.94. The topological polar surface area (TPSA) is 47.2 Å². The normalized spacial score (nSPS) is 11.5. The summed E-state index contributed by atoms with van der Waals surface area (Å²) >= 11 is 3.54. The Morgan fingerprint density at radius 1 is 1.22 bits per heavy atom. The van der Waals surface area contributed by atoms with Crippen LogP contribution in [-0.4, -0.2) is 20.2 Å². The van der Waals surface area contributed by atoms with Gasteiger partial charge in [-0.25, -0.2) is 4.79 Å². The summed E-state index contributed by atoms with van der Waals surface area (Å²) in [7, 11) is 3.73. The van der Waals surface area contributed by atoms with Crippen LogP contribution in [-0.2, 0) is 14.1 Å². The number of benzene rings is 1. The molecule has 0 radical (unpaired) electrons. The molecular formula is C13H11BrN2O2. The second-order valence-electron chi connectivity index (χ2n) is 4.32. The van der Waals surface area contributed by atoms with Crippen molar-refractivity contribution in [1.29, 1.82) is 0 Å². The molecule has 1 aromatic carbocycles. The molecule has 18 heavy (non-hydrogen) atoms. The predicted molar refractivity (Wildman–Crippen MR) is 74.1 cm³/mol. The van der Waals surface area contributed by atoms with Gasteiger partial charge in [0.15, 0.2) is 0 Å². The van der Waals surface area contributed by atoms with Gasteiger partial charge in [0.05, 0.1) is 16.6 Å². The van der Waals surface area contributed by atoms with Crippen molar-refractivity contribution < 1.29 is 9.90 Å². The highest BCUT2D eigenvalue weighted by atomic mass is 79.9. The highest BCUT2D eigenvalue weighted by Crippen LogP contribution is 2.34. The van der Waals surface area contributed by atoms with Crippen LogP contribution in [0.15, 0.2) is 28.7 Å². The molecular weight excluding hydrogens is 296 g/mol. The van der Waals surface area contributed by atoms with Gasteiger partial charge in [0.1, 0.15) is 5.69 Å². The van der Waals surface area contributed by atoms with Crippen molar-refractivity contribution in [2.24, 2.45) is 14.1 Å². The van der Waals surface area contributed by atoms with Crippen molar-refractivity contribution in [3.63, 3.8) is 0 Å². The number of carbonyl (C=O) groups is 1. The third-order valence-electron chi connectivity index (χ3n) is 3.37. The molecule has 0 atom stereocenters. The Hall–Kier alpha value is -1.75. The predicted octanol–water partition coefficient (Wildman–Crippen LogP) is 3.13. The lowest BCUT2D eigenvalue weighted by Crippen LogP contribution is -2.03. The monoisotopic (exact) mass is 306 g/mol. The molecule has 0 fully saturated rings. The number of aromatic carboxylic acids is 1. The van der Waals surface area contributed by atoms with E-state index in [9.17, 15) is 4.79 Å². The van der Waals surface area contributed by atoms with E-state index in [-0.39, 0.29) is 0 Å². The van der Waals surface area contributed by atoms with E-state index in [0.29, 0.717) is 5.69 Å². The van der Waals surface area contributed by atoms with Crippen molar-refractivity contribution >= 4 is 43.8 Å². The summed E-state index contributed by atoms with van der Waals surface area (Å²) in [5.74, 6) is -0.906. The molecule has 1 N–H and O–H groups in total. The Labute approximate surface area is 112 Å². The molecule has 4 nitrogen and oxygen atoms in total. The van der Waals surface area contributed by atoms with E-state index in [1.807, 2.05) is 29.8 Å². The first kappa shape index (κ1) is 11.3. The minimum Gasteiger partial charge on any atom is -0.477 e. The smallest absolute Gasteiger partial charge is 0.352 e. The number of para-hydroxylation sites is 1. The number of carboxylic acid groups (broad SMARTS) is 1. The summed E-state index contributed by atoms with van der Waals surface area (Å²) in [5.41, 5.74) is 3.26. The molecule has 0 aliphatic heterocycles. The van der Waals surface area contributed by atoms with Gasteiger partial charge in [0.2, 0.25) is 0 Å². The van der Waals surface area contributed by atoms with Gasteiger partial charge in [0, 0.05) is 24.0 Å². The summed E-state index contributed by atoms with van der Waals surface area (Å²) < 4.78 is 4.75. The van der Waals surface area contributed by atoms with E-state index >= 15 is 0 Å². The molecule has 0 aliphatic rings. The van der Waals surface area contributed by atoms with Crippen molar-refractivity contribution in [2.75, 3.05) is 0 Å². The Balaban J connectivity index is 2.58. The first-order valence-electron chi connectivity index (χ1n) is 5.48. The van der Waals surface area contributed by atoms with Gasteiger partial charge in [-0.05, 0) is 28.1 Å². The van der Waals surface area contributed by atoms with E-state index < -0.39 is 5.97 Å². The lowest BCUT2D eigenvalue weighted by molar-refractivity contribution is 0.0687. The van der Waals surface area contributed by atoms with Gasteiger partial charge in [0.25, 0.3) is 0 Å². The van der Waals surface area contributed by atoms with Crippen LogP contribution in [0.4, 0.5) is 0 Å². The number of nitrogens with zero attached hydrogens (tertiary/aromatic N) is 2. The maximum absolute atomic E-state index is 11.2. The van der Waals surface area contributed by atoms with E-state index in [4.69, 9.17) is 5.11 Å². The number of hydrogen-bond acceptors (Lipinski definition) is 1. The summed E-state index contributed by atoms with van der Waals surface area (Å²) in [6, 6.07) is 7.66. The SMILES string of the molecule is Cn1c(C(=O)O)cc2c1c1cccc(Br)c1n2C. The summed E-state index contributed by atoms with van der Waals surface area (Å²) in [6.45, 7) is 0. The molecule has 0 bridgehead atoms. The van der Waals surface area contributed by atoms with Gasteiger partial charge in [-0.2, -0.15) is 0 Å². The lowest BCUT2D eigenvalue weighted by Gasteiger charge is -2.01. The first-order valence-corrected chi connectivity index (χ1v) is 6.27. The van der Waals surface area contributed by atoms with Gasteiger partial charge < -0.3 is 14.2 Å². The molecule has 2 aromatic heterocycles. The van der Waals surface area contributed by atoms with Crippen LogP contribution in [0, 0.1) is 0 Å². The highest BCUT2D eigenvalue weighted by molar-refractivity contribution is 9.10. The number of halogens is 1. The van der Waals surface area contributed by atoms with Crippen molar-refractivity contribution in [2.45, 2.75) is 0 Å². The number of aromatic nitrogens is 2. The Bertz CT molecular complexity index is 798. The maximum Gasteiger partial charge on any atom is 0.352 e. The van der Waals surface area contributed by atoms with Crippen LogP contribution < -0.4 is 0 Å². The zero-order chi connectivity index (χ0) is 13.0. The summed E-state index contributed by atoms with van der Waals surface area (Å²) in [6.07, 6.45) is 0. The third kappa shape index (κ3) is 1.28. The molecule has 2 heterocycles. The van der Waals surface area contributed by atoms with Gasteiger partial charge in [-0.1, -0.05) is 12.1 Å². The molecule has 0 saturated carbocycles. The molecule has 0 aliphatic carbocycles. The highest BCUT2D eigenvalue weighted by Gasteiger charge is 2.18. The fourth-order valence-electron chi connectivity index (χ4n) is 2.53. The molecule has 92 valence electrons. The van der Waals surface area contributed by atoms with Crippen LogP contribution in [0.2, 0.25) is 0 Å². The number of hydrogen-bond donors (Lipinski definition) is 1. The molecule has 0 unspecified atom stereocenters. The second-order valence-corrected chi connectivity index (χ2v) is 5.18. The lowest BCUT2D eigenvalue weighted by atomic mass is 10.2. The minimum absolute atomic E-state index is 0.303. The van der Waals surface area contributed by atoms with Crippen LogP contribution in [0.3, 0.4) is 0 Å². The molecule has 3 aromatic rings. The fraction of sp³-hybridized carbons (Fsp3) is 0.154. The number of rotatable bonds is 1. The molecule has 5 heteroatoms. The van der Waals surface area contributed by atoms with Crippen LogP contribution >= 0.6 is 15.9 Å². The second kappa shape index (κ2) is 3.62.